The molecule has 76 valence electrons. The first kappa shape index (κ1) is 8.55. The van der Waals surface area contributed by atoms with E-state index in [1.54, 1.807) is 6.20 Å². The molecule has 0 saturated carbocycles. The van der Waals surface area contributed by atoms with E-state index in [1.165, 1.54) is 11.3 Å². The topological polar surface area (TPSA) is 57.4 Å². The lowest BCUT2D eigenvalue weighted by Gasteiger charge is -1.98. The second-order valence-corrected chi connectivity index (χ2v) is 4.19. The largest absolute Gasteiger partial charge is 0.454 e. The molecule has 0 atom stereocenters. The van der Waals surface area contributed by atoms with E-state index in [-0.39, 0.29) is 0 Å². The van der Waals surface area contributed by atoms with Crippen molar-refractivity contribution in [1.82, 2.24) is 4.98 Å². The van der Waals surface area contributed by atoms with E-state index in [0.717, 1.165) is 21.9 Å². The normalized spacial score (nSPS) is 13.1. The number of rotatable bonds is 1. The number of benzene rings is 1. The molecule has 0 saturated heterocycles. The van der Waals surface area contributed by atoms with E-state index in [9.17, 15) is 0 Å². The van der Waals surface area contributed by atoms with Crippen molar-refractivity contribution in [1.29, 1.82) is 0 Å². The quantitative estimate of drug-likeness (QED) is 0.799. The predicted molar refractivity (Wildman–Crippen MR) is 58.1 cm³/mol. The van der Waals surface area contributed by atoms with Gasteiger partial charge in [-0.3, -0.25) is 0 Å². The van der Waals surface area contributed by atoms with Gasteiger partial charge in [0.25, 0.3) is 0 Å². The average molecular weight is 220 g/mol. The van der Waals surface area contributed by atoms with Gasteiger partial charge in [0.05, 0.1) is 4.88 Å². The maximum atomic E-state index is 5.58. The van der Waals surface area contributed by atoms with Crippen molar-refractivity contribution in [2.75, 3.05) is 12.5 Å². The Morgan fingerprint density at radius 3 is 2.93 bits per heavy atom. The lowest BCUT2D eigenvalue weighted by molar-refractivity contribution is 0.174. The van der Waals surface area contributed by atoms with E-state index >= 15 is 0 Å². The molecule has 1 aliphatic rings. The van der Waals surface area contributed by atoms with Crippen molar-refractivity contribution >= 4 is 16.5 Å². The SMILES string of the molecule is Nc1ncc(-c2ccc3c(c2)OCO3)s1. The maximum absolute atomic E-state index is 5.58. The molecule has 1 aliphatic heterocycles. The van der Waals surface area contributed by atoms with Crippen molar-refractivity contribution in [3.8, 4) is 21.9 Å². The number of nitrogens with zero attached hydrogens (tertiary/aromatic N) is 1. The fourth-order valence-corrected chi connectivity index (χ4v) is 2.15. The molecule has 0 radical (unpaired) electrons. The van der Waals surface area contributed by atoms with Gasteiger partial charge in [0.1, 0.15) is 0 Å². The molecular formula is C10H8N2O2S. The minimum absolute atomic E-state index is 0.295. The number of fused-ring (bicyclic) bond motifs is 1. The zero-order valence-electron chi connectivity index (χ0n) is 7.77. The molecule has 0 amide bonds. The van der Waals surface area contributed by atoms with Crippen LogP contribution in [0, 0.1) is 0 Å². The molecule has 2 N–H and O–H groups in total. The third-order valence-electron chi connectivity index (χ3n) is 2.18. The summed E-state index contributed by atoms with van der Waals surface area (Å²) in [5.41, 5.74) is 6.63. The molecule has 15 heavy (non-hydrogen) atoms. The van der Waals surface area contributed by atoms with Crippen LogP contribution in [0.3, 0.4) is 0 Å². The van der Waals surface area contributed by atoms with Crippen molar-refractivity contribution in [2.24, 2.45) is 0 Å². The Balaban J connectivity index is 2.06. The smallest absolute Gasteiger partial charge is 0.231 e. The molecule has 0 spiro atoms. The van der Waals surface area contributed by atoms with E-state index in [0.29, 0.717) is 11.9 Å². The summed E-state index contributed by atoms with van der Waals surface area (Å²) in [5.74, 6) is 1.57. The predicted octanol–water partition coefficient (Wildman–Crippen LogP) is 2.12. The number of thiazole rings is 1. The number of nitrogen functional groups attached to an aromatic ring is 1. The van der Waals surface area contributed by atoms with Gasteiger partial charge >= 0.3 is 0 Å². The fourth-order valence-electron chi connectivity index (χ4n) is 1.47. The summed E-state index contributed by atoms with van der Waals surface area (Å²) in [6.07, 6.45) is 1.76. The van der Waals surface area contributed by atoms with Crippen LogP contribution in [0.4, 0.5) is 5.13 Å². The Kier molecular flexibility index (Phi) is 1.78. The molecular weight excluding hydrogens is 212 g/mol. The highest BCUT2D eigenvalue weighted by molar-refractivity contribution is 7.18. The van der Waals surface area contributed by atoms with Crippen LogP contribution in [-0.2, 0) is 0 Å². The van der Waals surface area contributed by atoms with Gasteiger partial charge in [0.15, 0.2) is 16.6 Å². The Morgan fingerprint density at radius 2 is 2.13 bits per heavy atom. The second-order valence-electron chi connectivity index (χ2n) is 3.13. The van der Waals surface area contributed by atoms with Crippen LogP contribution in [0.15, 0.2) is 24.4 Å². The van der Waals surface area contributed by atoms with Crippen LogP contribution in [0.5, 0.6) is 11.5 Å². The van der Waals surface area contributed by atoms with Crippen molar-refractivity contribution in [2.45, 2.75) is 0 Å². The van der Waals surface area contributed by atoms with Crippen LogP contribution >= 0.6 is 11.3 Å². The summed E-state index contributed by atoms with van der Waals surface area (Å²) in [4.78, 5) is 5.04. The Bertz CT molecular complexity index is 510. The number of hydrogen-bond donors (Lipinski definition) is 1. The molecule has 2 heterocycles. The lowest BCUT2D eigenvalue weighted by Crippen LogP contribution is -1.92. The molecule has 1 aromatic heterocycles. The Morgan fingerprint density at radius 1 is 1.27 bits per heavy atom. The first-order valence-corrected chi connectivity index (χ1v) is 5.26. The summed E-state index contributed by atoms with van der Waals surface area (Å²) >= 11 is 1.46. The number of anilines is 1. The summed E-state index contributed by atoms with van der Waals surface area (Å²) in [5, 5.41) is 0.572. The third kappa shape index (κ3) is 1.41. The molecule has 4 nitrogen and oxygen atoms in total. The van der Waals surface area contributed by atoms with E-state index in [4.69, 9.17) is 15.2 Å². The summed E-state index contributed by atoms with van der Waals surface area (Å²) in [6, 6.07) is 5.81. The van der Waals surface area contributed by atoms with Crippen LogP contribution in [0.2, 0.25) is 0 Å². The zero-order chi connectivity index (χ0) is 10.3. The van der Waals surface area contributed by atoms with Gasteiger partial charge in [-0.1, -0.05) is 11.3 Å². The van der Waals surface area contributed by atoms with Crippen LogP contribution in [-0.4, -0.2) is 11.8 Å². The number of hydrogen-bond acceptors (Lipinski definition) is 5. The summed E-state index contributed by atoms with van der Waals surface area (Å²) in [7, 11) is 0. The number of nitrogens with two attached hydrogens (primary N) is 1. The zero-order valence-corrected chi connectivity index (χ0v) is 8.58. The monoisotopic (exact) mass is 220 g/mol. The van der Waals surface area contributed by atoms with Gasteiger partial charge < -0.3 is 15.2 Å². The lowest BCUT2D eigenvalue weighted by atomic mass is 10.2. The Labute approximate surface area is 90.3 Å². The first-order valence-electron chi connectivity index (χ1n) is 4.44. The molecule has 3 rings (SSSR count). The molecule has 5 heteroatoms. The molecule has 2 aromatic rings. The molecule has 0 aliphatic carbocycles. The second kappa shape index (κ2) is 3.13. The van der Waals surface area contributed by atoms with Crippen LogP contribution in [0.25, 0.3) is 10.4 Å². The Hall–Kier alpha value is -1.75. The van der Waals surface area contributed by atoms with Crippen LogP contribution < -0.4 is 15.2 Å². The fraction of sp³-hybridized carbons (Fsp3) is 0.100. The van der Waals surface area contributed by atoms with Gasteiger partial charge in [0, 0.05) is 6.20 Å². The number of aromatic nitrogens is 1. The minimum Gasteiger partial charge on any atom is -0.454 e. The van der Waals surface area contributed by atoms with Gasteiger partial charge in [0.2, 0.25) is 6.79 Å². The average Bonchev–Trinajstić information content (AvgIpc) is 2.84. The standard InChI is InChI=1S/C10H8N2O2S/c11-10-12-4-9(15-10)6-1-2-7-8(3-6)14-5-13-7/h1-4H,5H2,(H2,11,12). The maximum Gasteiger partial charge on any atom is 0.231 e. The van der Waals surface area contributed by atoms with Crippen molar-refractivity contribution in [3.05, 3.63) is 24.4 Å². The minimum atomic E-state index is 0.295. The first-order chi connectivity index (χ1) is 7.33. The van der Waals surface area contributed by atoms with Gasteiger partial charge in [-0.15, -0.1) is 0 Å². The summed E-state index contributed by atoms with van der Waals surface area (Å²) in [6.45, 7) is 0.295. The molecule has 1 aromatic carbocycles. The van der Waals surface area contributed by atoms with E-state index in [1.807, 2.05) is 18.2 Å². The van der Waals surface area contributed by atoms with Crippen molar-refractivity contribution in [3.63, 3.8) is 0 Å². The molecule has 0 unspecified atom stereocenters. The van der Waals surface area contributed by atoms with Crippen LogP contribution in [0.1, 0.15) is 0 Å². The van der Waals surface area contributed by atoms with E-state index < -0.39 is 0 Å². The molecule has 0 bridgehead atoms. The van der Waals surface area contributed by atoms with E-state index in [2.05, 4.69) is 4.98 Å². The summed E-state index contributed by atoms with van der Waals surface area (Å²) < 4.78 is 10.5. The molecule has 0 fully saturated rings. The van der Waals surface area contributed by atoms with Crippen molar-refractivity contribution < 1.29 is 9.47 Å². The van der Waals surface area contributed by atoms with Gasteiger partial charge in [-0.05, 0) is 23.8 Å². The van der Waals surface area contributed by atoms with Gasteiger partial charge in [-0.2, -0.15) is 0 Å². The highest BCUT2D eigenvalue weighted by atomic mass is 32.1. The number of ether oxygens (including phenoxy) is 2. The highest BCUT2D eigenvalue weighted by Crippen LogP contribution is 2.37. The highest BCUT2D eigenvalue weighted by Gasteiger charge is 2.14. The third-order valence-corrected chi connectivity index (χ3v) is 3.06. The van der Waals surface area contributed by atoms with Gasteiger partial charge in [-0.25, -0.2) is 4.98 Å².